The standard InChI is InChI=1S/C12H16ClN3O4S/c1-20-12(17)10-8-9(2-3-11(10)13)15-21(18,19)16-6-4-14-5-7-16/h2-3,8,14-15H,4-7H2,1H3. The number of esters is 1. The Morgan fingerprint density at radius 3 is 2.67 bits per heavy atom. The molecule has 1 fully saturated rings. The first-order valence-corrected chi connectivity index (χ1v) is 8.12. The predicted octanol–water partition coefficient (Wildman–Crippen LogP) is 0.689. The zero-order chi connectivity index (χ0) is 15.5. The van der Waals surface area contributed by atoms with Gasteiger partial charge in [-0.1, -0.05) is 11.6 Å². The number of carbonyl (C=O) groups is 1. The maximum atomic E-state index is 12.2. The summed E-state index contributed by atoms with van der Waals surface area (Å²) in [6.07, 6.45) is 0. The Kier molecular flexibility index (Phi) is 5.04. The third kappa shape index (κ3) is 3.85. The minimum absolute atomic E-state index is 0.111. The van der Waals surface area contributed by atoms with Crippen LogP contribution in [0.5, 0.6) is 0 Å². The van der Waals surface area contributed by atoms with Crippen molar-refractivity contribution in [3.05, 3.63) is 28.8 Å². The lowest BCUT2D eigenvalue weighted by atomic mass is 10.2. The smallest absolute Gasteiger partial charge is 0.339 e. The highest BCUT2D eigenvalue weighted by atomic mass is 35.5. The molecule has 1 heterocycles. The number of hydrogen-bond donors (Lipinski definition) is 2. The lowest BCUT2D eigenvalue weighted by Gasteiger charge is -2.26. The normalized spacial score (nSPS) is 16.5. The number of anilines is 1. The summed E-state index contributed by atoms with van der Waals surface area (Å²) >= 11 is 5.89. The number of piperazine rings is 1. The summed E-state index contributed by atoms with van der Waals surface area (Å²) in [7, 11) is -2.42. The molecule has 0 spiro atoms. The number of hydrogen-bond acceptors (Lipinski definition) is 5. The molecular weight excluding hydrogens is 318 g/mol. The third-order valence-electron chi connectivity index (χ3n) is 3.03. The summed E-state index contributed by atoms with van der Waals surface area (Å²) in [4.78, 5) is 11.6. The zero-order valence-corrected chi connectivity index (χ0v) is 13.0. The van der Waals surface area contributed by atoms with Crippen molar-refractivity contribution < 1.29 is 17.9 Å². The molecule has 21 heavy (non-hydrogen) atoms. The predicted molar refractivity (Wildman–Crippen MR) is 79.8 cm³/mol. The van der Waals surface area contributed by atoms with Crippen molar-refractivity contribution in [1.82, 2.24) is 9.62 Å². The van der Waals surface area contributed by atoms with Crippen LogP contribution in [0.2, 0.25) is 5.02 Å². The molecule has 0 radical (unpaired) electrons. The summed E-state index contributed by atoms with van der Waals surface area (Å²) in [5.74, 6) is -0.622. The van der Waals surface area contributed by atoms with Gasteiger partial charge in [-0.25, -0.2) is 4.79 Å². The van der Waals surface area contributed by atoms with Crippen molar-refractivity contribution in [2.75, 3.05) is 38.0 Å². The molecule has 1 aliphatic heterocycles. The largest absolute Gasteiger partial charge is 0.465 e. The Bertz CT molecular complexity index is 629. The number of benzene rings is 1. The number of ether oxygens (including phenoxy) is 1. The second-order valence-corrected chi connectivity index (χ2v) is 6.52. The van der Waals surface area contributed by atoms with Crippen LogP contribution in [0, 0.1) is 0 Å². The highest BCUT2D eigenvalue weighted by Gasteiger charge is 2.24. The van der Waals surface area contributed by atoms with E-state index in [2.05, 4.69) is 14.8 Å². The molecule has 0 atom stereocenters. The van der Waals surface area contributed by atoms with Crippen molar-refractivity contribution in [1.29, 1.82) is 0 Å². The number of nitrogens with zero attached hydrogens (tertiary/aromatic N) is 1. The molecule has 0 saturated carbocycles. The van der Waals surface area contributed by atoms with E-state index in [-0.39, 0.29) is 16.3 Å². The van der Waals surface area contributed by atoms with Crippen molar-refractivity contribution in [3.63, 3.8) is 0 Å². The van der Waals surface area contributed by atoms with Crippen molar-refractivity contribution >= 4 is 33.5 Å². The van der Waals surface area contributed by atoms with E-state index in [1.807, 2.05) is 0 Å². The van der Waals surface area contributed by atoms with Gasteiger partial charge >= 0.3 is 16.2 Å². The van der Waals surface area contributed by atoms with Crippen LogP contribution in [0.4, 0.5) is 5.69 Å². The highest BCUT2D eigenvalue weighted by molar-refractivity contribution is 7.90. The van der Waals surface area contributed by atoms with Gasteiger partial charge in [-0.2, -0.15) is 12.7 Å². The van der Waals surface area contributed by atoms with Gasteiger partial charge < -0.3 is 10.1 Å². The summed E-state index contributed by atoms with van der Waals surface area (Å²) in [6, 6.07) is 4.30. The molecule has 0 amide bonds. The SMILES string of the molecule is COC(=O)c1cc(NS(=O)(=O)N2CCNCC2)ccc1Cl. The molecule has 1 aromatic rings. The van der Waals surface area contributed by atoms with E-state index in [9.17, 15) is 13.2 Å². The van der Waals surface area contributed by atoms with Gasteiger partial charge in [-0.15, -0.1) is 0 Å². The minimum atomic E-state index is -3.65. The molecule has 116 valence electrons. The van der Waals surface area contributed by atoms with Gasteiger partial charge in [0, 0.05) is 26.2 Å². The van der Waals surface area contributed by atoms with Crippen molar-refractivity contribution in [2.45, 2.75) is 0 Å². The molecule has 7 nitrogen and oxygen atoms in total. The van der Waals surface area contributed by atoms with Gasteiger partial charge in [0.05, 0.1) is 23.4 Å². The highest BCUT2D eigenvalue weighted by Crippen LogP contribution is 2.22. The van der Waals surface area contributed by atoms with E-state index in [4.69, 9.17) is 11.6 Å². The molecule has 9 heteroatoms. The topological polar surface area (TPSA) is 87.7 Å². The number of rotatable bonds is 4. The molecule has 0 bridgehead atoms. The first kappa shape index (κ1) is 16.0. The summed E-state index contributed by atoms with van der Waals surface area (Å²) in [6.45, 7) is 2.00. The molecule has 2 rings (SSSR count). The van der Waals surface area contributed by atoms with Gasteiger partial charge in [0.2, 0.25) is 0 Å². The van der Waals surface area contributed by atoms with E-state index < -0.39 is 16.2 Å². The average molecular weight is 334 g/mol. The molecular formula is C12H16ClN3O4S. The molecule has 1 saturated heterocycles. The molecule has 2 N–H and O–H groups in total. The average Bonchev–Trinajstić information content (AvgIpc) is 2.49. The monoisotopic (exact) mass is 333 g/mol. The molecule has 0 aromatic heterocycles. The van der Waals surface area contributed by atoms with Gasteiger partial charge in [0.25, 0.3) is 0 Å². The number of nitrogens with one attached hydrogen (secondary N) is 2. The number of methoxy groups -OCH3 is 1. The molecule has 0 unspecified atom stereocenters. The minimum Gasteiger partial charge on any atom is -0.465 e. The van der Waals surface area contributed by atoms with E-state index in [1.54, 1.807) is 0 Å². The molecule has 0 aliphatic carbocycles. The molecule has 1 aliphatic rings. The fourth-order valence-electron chi connectivity index (χ4n) is 1.95. The Balaban J connectivity index is 2.21. The van der Waals surface area contributed by atoms with Crippen LogP contribution in [0.15, 0.2) is 18.2 Å². The Labute approximate surface area is 128 Å². The third-order valence-corrected chi connectivity index (χ3v) is 4.90. The summed E-state index contributed by atoms with van der Waals surface area (Å²) in [5, 5.41) is 3.28. The second-order valence-electron chi connectivity index (χ2n) is 4.44. The van der Waals surface area contributed by atoms with Crippen molar-refractivity contribution in [2.24, 2.45) is 0 Å². The number of halogens is 1. The van der Waals surface area contributed by atoms with Crippen LogP contribution in [-0.2, 0) is 14.9 Å². The van der Waals surface area contributed by atoms with Crippen LogP contribution in [0.25, 0.3) is 0 Å². The molecule has 1 aromatic carbocycles. The van der Waals surface area contributed by atoms with Gasteiger partial charge in [0.1, 0.15) is 0 Å². The lowest BCUT2D eigenvalue weighted by molar-refractivity contribution is 0.0601. The van der Waals surface area contributed by atoms with E-state index >= 15 is 0 Å². The maximum absolute atomic E-state index is 12.2. The van der Waals surface area contributed by atoms with Crippen LogP contribution in [-0.4, -0.2) is 52.0 Å². The number of carbonyl (C=O) groups excluding carboxylic acids is 1. The fourth-order valence-corrected chi connectivity index (χ4v) is 3.37. The quantitative estimate of drug-likeness (QED) is 0.791. The maximum Gasteiger partial charge on any atom is 0.339 e. The zero-order valence-electron chi connectivity index (χ0n) is 11.4. The lowest BCUT2D eigenvalue weighted by Crippen LogP contribution is -2.48. The second kappa shape index (κ2) is 6.61. The van der Waals surface area contributed by atoms with Crippen LogP contribution in [0.1, 0.15) is 10.4 Å². The van der Waals surface area contributed by atoms with Gasteiger partial charge in [-0.3, -0.25) is 4.72 Å². The van der Waals surface area contributed by atoms with Gasteiger partial charge in [-0.05, 0) is 18.2 Å². The van der Waals surface area contributed by atoms with Crippen LogP contribution >= 0.6 is 11.6 Å². The van der Waals surface area contributed by atoms with E-state index in [1.165, 1.54) is 29.6 Å². The van der Waals surface area contributed by atoms with Crippen LogP contribution in [0.3, 0.4) is 0 Å². The van der Waals surface area contributed by atoms with Crippen molar-refractivity contribution in [3.8, 4) is 0 Å². The Morgan fingerprint density at radius 2 is 2.05 bits per heavy atom. The summed E-state index contributed by atoms with van der Waals surface area (Å²) < 4.78 is 32.8. The van der Waals surface area contributed by atoms with Gasteiger partial charge in [0.15, 0.2) is 0 Å². The van der Waals surface area contributed by atoms with Crippen LogP contribution < -0.4 is 10.0 Å². The Morgan fingerprint density at radius 1 is 1.38 bits per heavy atom. The fraction of sp³-hybridized carbons (Fsp3) is 0.417. The van der Waals surface area contributed by atoms with E-state index in [0.29, 0.717) is 26.2 Å². The Hall–Kier alpha value is -1.35. The summed E-state index contributed by atoms with van der Waals surface area (Å²) in [5.41, 5.74) is 0.373. The first-order valence-electron chi connectivity index (χ1n) is 6.30. The first-order chi connectivity index (χ1) is 9.94. The van der Waals surface area contributed by atoms with E-state index in [0.717, 1.165) is 0 Å².